The van der Waals surface area contributed by atoms with E-state index < -0.39 is 0 Å². The highest BCUT2D eigenvalue weighted by atomic mass is 15.4. The lowest BCUT2D eigenvalue weighted by atomic mass is 9.95. The molecule has 0 bridgehead atoms. The van der Waals surface area contributed by atoms with Gasteiger partial charge in [0.25, 0.3) is 5.95 Å². The summed E-state index contributed by atoms with van der Waals surface area (Å²) in [6.07, 6.45) is 4.74. The fraction of sp³-hybridized carbons (Fsp3) is 0.571. The molecule has 2 aromatic heterocycles. The Morgan fingerprint density at radius 1 is 1.24 bits per heavy atom. The average Bonchev–Trinajstić information content (AvgIpc) is 3.18. The van der Waals surface area contributed by atoms with Crippen molar-refractivity contribution in [2.45, 2.75) is 20.3 Å². The minimum Gasteiger partial charge on any atom is -0.357 e. The van der Waals surface area contributed by atoms with E-state index in [2.05, 4.69) is 44.1 Å². The van der Waals surface area contributed by atoms with Gasteiger partial charge in [0.2, 0.25) is 11.9 Å². The van der Waals surface area contributed by atoms with Crippen LogP contribution in [0.4, 0.5) is 11.9 Å². The monoisotopic (exact) mass is 287 g/mol. The first kappa shape index (κ1) is 13.8. The normalized spacial score (nSPS) is 18.5. The lowest BCUT2D eigenvalue weighted by molar-refractivity contribution is 0.422. The molecule has 1 N–H and O–H groups in total. The van der Waals surface area contributed by atoms with E-state index in [0.717, 1.165) is 19.0 Å². The van der Waals surface area contributed by atoms with Gasteiger partial charge in [-0.15, -0.1) is 0 Å². The van der Waals surface area contributed by atoms with E-state index in [-0.39, 0.29) is 0 Å². The summed E-state index contributed by atoms with van der Waals surface area (Å²) in [5.41, 5.74) is 0. The van der Waals surface area contributed by atoms with Crippen LogP contribution < -0.4 is 10.2 Å². The lowest BCUT2D eigenvalue weighted by Crippen LogP contribution is -2.24. The molecule has 1 fully saturated rings. The zero-order valence-corrected chi connectivity index (χ0v) is 12.7. The molecule has 1 unspecified atom stereocenters. The summed E-state index contributed by atoms with van der Waals surface area (Å²) in [5, 5.41) is 7.19. The molecular formula is C14H21N7. The molecule has 0 amide bonds. The standard InChI is InChI=1S/C14H21N7/c1-10(2)11-5-8-20(9-11)13-17-12(15-3)18-14(19-13)21-7-4-6-16-21/h4,6-7,10-11H,5,8-9H2,1-3H3,(H,15,17,18,19). The Kier molecular flexibility index (Phi) is 3.72. The van der Waals surface area contributed by atoms with E-state index in [4.69, 9.17) is 0 Å². The second-order valence-electron chi connectivity index (χ2n) is 5.70. The summed E-state index contributed by atoms with van der Waals surface area (Å²) < 4.78 is 1.65. The molecule has 1 atom stereocenters. The van der Waals surface area contributed by atoms with Gasteiger partial charge in [0, 0.05) is 32.5 Å². The average molecular weight is 287 g/mol. The quantitative estimate of drug-likeness (QED) is 0.920. The van der Waals surface area contributed by atoms with E-state index >= 15 is 0 Å². The summed E-state index contributed by atoms with van der Waals surface area (Å²) >= 11 is 0. The molecule has 0 spiro atoms. The van der Waals surface area contributed by atoms with Gasteiger partial charge in [-0.25, -0.2) is 4.68 Å². The van der Waals surface area contributed by atoms with Gasteiger partial charge in [0.05, 0.1) is 0 Å². The molecule has 3 rings (SSSR count). The summed E-state index contributed by atoms with van der Waals surface area (Å²) in [7, 11) is 1.81. The summed E-state index contributed by atoms with van der Waals surface area (Å²) in [6, 6.07) is 1.85. The second-order valence-corrected chi connectivity index (χ2v) is 5.70. The molecule has 112 valence electrons. The van der Waals surface area contributed by atoms with E-state index in [0.29, 0.717) is 23.7 Å². The van der Waals surface area contributed by atoms with Crippen LogP contribution >= 0.6 is 0 Å². The lowest BCUT2D eigenvalue weighted by Gasteiger charge is -2.18. The van der Waals surface area contributed by atoms with Crippen LogP contribution in [0, 0.1) is 11.8 Å². The van der Waals surface area contributed by atoms with Crippen LogP contribution in [-0.2, 0) is 0 Å². The highest BCUT2D eigenvalue weighted by molar-refractivity contribution is 5.40. The third-order valence-electron chi connectivity index (χ3n) is 4.00. The molecule has 1 aliphatic rings. The van der Waals surface area contributed by atoms with Crippen LogP contribution in [0.2, 0.25) is 0 Å². The number of hydrogen-bond acceptors (Lipinski definition) is 6. The summed E-state index contributed by atoms with van der Waals surface area (Å²) in [4.78, 5) is 15.6. The molecule has 1 aliphatic heterocycles. The van der Waals surface area contributed by atoms with Gasteiger partial charge in [-0.3, -0.25) is 0 Å². The largest absolute Gasteiger partial charge is 0.357 e. The van der Waals surface area contributed by atoms with Crippen molar-refractivity contribution in [3.8, 4) is 5.95 Å². The predicted octanol–water partition coefficient (Wildman–Crippen LogP) is 1.58. The molecule has 1 saturated heterocycles. The minimum atomic E-state index is 0.544. The van der Waals surface area contributed by atoms with Gasteiger partial charge in [-0.2, -0.15) is 20.1 Å². The van der Waals surface area contributed by atoms with Crippen molar-refractivity contribution in [2.24, 2.45) is 11.8 Å². The smallest absolute Gasteiger partial charge is 0.257 e. The van der Waals surface area contributed by atoms with Gasteiger partial charge in [0.1, 0.15) is 0 Å². The van der Waals surface area contributed by atoms with E-state index in [1.807, 2.05) is 19.3 Å². The Hall–Kier alpha value is -2.18. The second kappa shape index (κ2) is 5.67. The Balaban J connectivity index is 1.90. The van der Waals surface area contributed by atoms with Crippen molar-refractivity contribution in [1.29, 1.82) is 0 Å². The molecule has 0 aromatic carbocycles. The van der Waals surface area contributed by atoms with Crippen molar-refractivity contribution in [2.75, 3.05) is 30.4 Å². The fourth-order valence-corrected chi connectivity index (χ4v) is 2.61. The Morgan fingerprint density at radius 3 is 2.67 bits per heavy atom. The number of rotatable bonds is 4. The number of anilines is 2. The van der Waals surface area contributed by atoms with Crippen molar-refractivity contribution in [3.63, 3.8) is 0 Å². The van der Waals surface area contributed by atoms with Crippen molar-refractivity contribution >= 4 is 11.9 Å². The first-order valence-corrected chi connectivity index (χ1v) is 7.36. The first-order valence-electron chi connectivity index (χ1n) is 7.36. The maximum atomic E-state index is 4.56. The van der Waals surface area contributed by atoms with Crippen LogP contribution in [-0.4, -0.2) is 44.9 Å². The van der Waals surface area contributed by atoms with Crippen molar-refractivity contribution in [1.82, 2.24) is 24.7 Å². The van der Waals surface area contributed by atoms with Gasteiger partial charge in [0.15, 0.2) is 0 Å². The third kappa shape index (κ3) is 2.81. The van der Waals surface area contributed by atoms with Crippen LogP contribution in [0.15, 0.2) is 18.5 Å². The number of nitrogens with zero attached hydrogens (tertiary/aromatic N) is 6. The van der Waals surface area contributed by atoms with E-state index in [9.17, 15) is 0 Å². The molecule has 0 radical (unpaired) electrons. The molecule has 7 heteroatoms. The Morgan fingerprint density at radius 2 is 2.05 bits per heavy atom. The van der Waals surface area contributed by atoms with Crippen LogP contribution in [0.1, 0.15) is 20.3 Å². The highest BCUT2D eigenvalue weighted by Crippen LogP contribution is 2.26. The first-order chi connectivity index (χ1) is 10.2. The van der Waals surface area contributed by atoms with Crippen LogP contribution in [0.3, 0.4) is 0 Å². The fourth-order valence-electron chi connectivity index (χ4n) is 2.61. The topological polar surface area (TPSA) is 71.8 Å². The number of aromatic nitrogens is 5. The SMILES string of the molecule is CNc1nc(N2CCC(C(C)C)C2)nc(-n2cccn2)n1. The molecule has 0 aliphatic carbocycles. The maximum Gasteiger partial charge on any atom is 0.257 e. The van der Waals surface area contributed by atoms with E-state index in [1.54, 1.807) is 10.9 Å². The van der Waals surface area contributed by atoms with Crippen LogP contribution in [0.25, 0.3) is 5.95 Å². The van der Waals surface area contributed by atoms with Crippen molar-refractivity contribution in [3.05, 3.63) is 18.5 Å². The third-order valence-corrected chi connectivity index (χ3v) is 4.00. The van der Waals surface area contributed by atoms with Gasteiger partial charge >= 0.3 is 0 Å². The minimum absolute atomic E-state index is 0.544. The predicted molar refractivity (Wildman–Crippen MR) is 81.7 cm³/mol. The number of hydrogen-bond donors (Lipinski definition) is 1. The van der Waals surface area contributed by atoms with E-state index in [1.165, 1.54) is 6.42 Å². The molecule has 2 aromatic rings. The summed E-state index contributed by atoms with van der Waals surface area (Å²) in [5.74, 6) is 3.22. The van der Waals surface area contributed by atoms with Crippen LogP contribution in [0.5, 0.6) is 0 Å². The Labute approximate surface area is 124 Å². The molecule has 7 nitrogen and oxygen atoms in total. The highest BCUT2D eigenvalue weighted by Gasteiger charge is 2.27. The van der Waals surface area contributed by atoms with Gasteiger partial charge < -0.3 is 10.2 Å². The zero-order chi connectivity index (χ0) is 14.8. The summed E-state index contributed by atoms with van der Waals surface area (Å²) in [6.45, 7) is 6.55. The number of nitrogens with one attached hydrogen (secondary N) is 1. The van der Waals surface area contributed by atoms with Crippen molar-refractivity contribution < 1.29 is 0 Å². The molecular weight excluding hydrogens is 266 g/mol. The Bertz CT molecular complexity index is 593. The maximum absolute atomic E-state index is 4.56. The molecule has 0 saturated carbocycles. The van der Waals surface area contributed by atoms with Gasteiger partial charge in [-0.05, 0) is 24.3 Å². The zero-order valence-electron chi connectivity index (χ0n) is 12.7. The molecule has 3 heterocycles. The molecule has 21 heavy (non-hydrogen) atoms. The van der Waals surface area contributed by atoms with Gasteiger partial charge in [-0.1, -0.05) is 13.8 Å².